The Kier molecular flexibility index (Phi) is 3.89. The average molecular weight is 262 g/mol. The molecule has 0 fully saturated rings. The smallest absolute Gasteiger partial charge is 0.320 e. The van der Waals surface area contributed by atoms with Crippen molar-refractivity contribution in [1.82, 2.24) is 15.1 Å². The van der Waals surface area contributed by atoms with Crippen LogP contribution in [0, 0.1) is 6.92 Å². The van der Waals surface area contributed by atoms with E-state index in [1.165, 1.54) is 0 Å². The highest BCUT2D eigenvalue weighted by Crippen LogP contribution is 2.08. The fourth-order valence-corrected chi connectivity index (χ4v) is 1.89. The SMILES string of the molecule is Cc1cc(NC(=O)NC(C)Cc2ccco2)n(C)n1. The van der Waals surface area contributed by atoms with Crippen LogP contribution in [0.25, 0.3) is 0 Å². The number of anilines is 1. The molecule has 0 aliphatic carbocycles. The summed E-state index contributed by atoms with van der Waals surface area (Å²) in [6.45, 7) is 3.80. The molecule has 6 heteroatoms. The summed E-state index contributed by atoms with van der Waals surface area (Å²) < 4.78 is 6.87. The molecule has 102 valence electrons. The van der Waals surface area contributed by atoms with Gasteiger partial charge in [-0.3, -0.25) is 10.00 Å². The summed E-state index contributed by atoms with van der Waals surface area (Å²) in [4.78, 5) is 11.8. The Morgan fingerprint density at radius 3 is 2.95 bits per heavy atom. The first-order chi connectivity index (χ1) is 9.04. The van der Waals surface area contributed by atoms with E-state index in [9.17, 15) is 4.79 Å². The number of hydrogen-bond acceptors (Lipinski definition) is 3. The Labute approximate surface area is 111 Å². The van der Waals surface area contributed by atoms with Crippen LogP contribution < -0.4 is 10.6 Å². The Morgan fingerprint density at radius 2 is 2.37 bits per heavy atom. The number of rotatable bonds is 4. The van der Waals surface area contributed by atoms with E-state index < -0.39 is 0 Å². The number of hydrogen-bond donors (Lipinski definition) is 2. The van der Waals surface area contributed by atoms with Gasteiger partial charge >= 0.3 is 6.03 Å². The maximum absolute atomic E-state index is 11.8. The number of aromatic nitrogens is 2. The second kappa shape index (κ2) is 5.60. The van der Waals surface area contributed by atoms with Crippen LogP contribution in [0.4, 0.5) is 10.6 Å². The molecule has 0 aliphatic rings. The highest BCUT2D eigenvalue weighted by atomic mass is 16.3. The average Bonchev–Trinajstić information content (AvgIpc) is 2.89. The third-order valence-electron chi connectivity index (χ3n) is 2.71. The maximum atomic E-state index is 11.8. The zero-order valence-corrected chi connectivity index (χ0v) is 11.3. The molecular formula is C13H18N4O2. The molecule has 0 saturated heterocycles. The lowest BCUT2D eigenvalue weighted by Gasteiger charge is -2.13. The third kappa shape index (κ3) is 3.61. The summed E-state index contributed by atoms with van der Waals surface area (Å²) in [7, 11) is 1.79. The molecule has 0 radical (unpaired) electrons. The summed E-state index contributed by atoms with van der Waals surface area (Å²) in [5.41, 5.74) is 0.862. The molecule has 1 atom stereocenters. The van der Waals surface area contributed by atoms with E-state index in [0.29, 0.717) is 12.2 Å². The maximum Gasteiger partial charge on any atom is 0.320 e. The number of aryl methyl sites for hydroxylation is 2. The first kappa shape index (κ1) is 13.2. The number of amides is 2. The van der Waals surface area contributed by atoms with Crippen LogP contribution in [0.2, 0.25) is 0 Å². The Bertz CT molecular complexity index is 545. The van der Waals surface area contributed by atoms with Gasteiger partial charge in [0.15, 0.2) is 0 Å². The molecule has 2 N–H and O–H groups in total. The molecule has 6 nitrogen and oxygen atoms in total. The highest BCUT2D eigenvalue weighted by Gasteiger charge is 2.11. The quantitative estimate of drug-likeness (QED) is 0.886. The van der Waals surface area contributed by atoms with Crippen molar-refractivity contribution >= 4 is 11.8 Å². The Hall–Kier alpha value is -2.24. The lowest BCUT2D eigenvalue weighted by Crippen LogP contribution is -2.37. The number of carbonyl (C=O) groups is 1. The van der Waals surface area contributed by atoms with Crippen molar-refractivity contribution < 1.29 is 9.21 Å². The number of nitrogens with zero attached hydrogens (tertiary/aromatic N) is 2. The van der Waals surface area contributed by atoms with Gasteiger partial charge in [-0.05, 0) is 26.0 Å². The van der Waals surface area contributed by atoms with E-state index in [-0.39, 0.29) is 12.1 Å². The molecule has 0 aromatic carbocycles. The second-order valence-corrected chi connectivity index (χ2v) is 4.58. The van der Waals surface area contributed by atoms with Crippen molar-refractivity contribution in [3.63, 3.8) is 0 Å². The molecule has 0 bridgehead atoms. The van der Waals surface area contributed by atoms with E-state index in [1.807, 2.05) is 32.0 Å². The van der Waals surface area contributed by atoms with Crippen LogP contribution in [-0.4, -0.2) is 21.9 Å². The van der Waals surface area contributed by atoms with Gasteiger partial charge in [-0.1, -0.05) is 0 Å². The zero-order chi connectivity index (χ0) is 13.8. The number of furan rings is 1. The van der Waals surface area contributed by atoms with E-state index in [2.05, 4.69) is 15.7 Å². The minimum atomic E-state index is -0.248. The molecular weight excluding hydrogens is 244 g/mol. The summed E-state index contributed by atoms with van der Waals surface area (Å²) in [6.07, 6.45) is 2.28. The first-order valence-electron chi connectivity index (χ1n) is 6.15. The van der Waals surface area contributed by atoms with Gasteiger partial charge in [-0.15, -0.1) is 0 Å². The third-order valence-corrected chi connectivity index (χ3v) is 2.71. The van der Waals surface area contributed by atoms with Gasteiger partial charge in [0.05, 0.1) is 12.0 Å². The van der Waals surface area contributed by atoms with Crippen molar-refractivity contribution in [2.75, 3.05) is 5.32 Å². The van der Waals surface area contributed by atoms with E-state index >= 15 is 0 Å². The van der Waals surface area contributed by atoms with Crippen LogP contribution in [0.1, 0.15) is 18.4 Å². The van der Waals surface area contributed by atoms with Gasteiger partial charge in [0.25, 0.3) is 0 Å². The lowest BCUT2D eigenvalue weighted by atomic mass is 10.2. The van der Waals surface area contributed by atoms with Crippen molar-refractivity contribution in [2.24, 2.45) is 7.05 Å². The summed E-state index contributed by atoms with van der Waals surface area (Å²) >= 11 is 0. The monoisotopic (exact) mass is 262 g/mol. The van der Waals surface area contributed by atoms with Gasteiger partial charge in [0.2, 0.25) is 0 Å². The second-order valence-electron chi connectivity index (χ2n) is 4.58. The molecule has 2 rings (SSSR count). The molecule has 2 heterocycles. The van der Waals surface area contributed by atoms with Crippen molar-refractivity contribution in [2.45, 2.75) is 26.3 Å². The van der Waals surface area contributed by atoms with Crippen LogP contribution in [-0.2, 0) is 13.5 Å². The molecule has 0 spiro atoms. The Morgan fingerprint density at radius 1 is 1.58 bits per heavy atom. The summed E-state index contributed by atoms with van der Waals surface area (Å²) in [5.74, 6) is 1.52. The molecule has 0 aliphatic heterocycles. The van der Waals surface area contributed by atoms with Gasteiger partial charge in [0, 0.05) is 25.6 Å². The Balaban J connectivity index is 1.85. The standard InChI is InChI=1S/C13H18N4O2/c1-9(7-11-5-4-6-19-11)14-13(18)15-12-8-10(2)16-17(12)3/h4-6,8-9H,7H2,1-3H3,(H2,14,15,18). The predicted molar refractivity (Wildman–Crippen MR) is 72.0 cm³/mol. The first-order valence-corrected chi connectivity index (χ1v) is 6.15. The van der Waals surface area contributed by atoms with Gasteiger partial charge < -0.3 is 9.73 Å². The fraction of sp³-hybridized carbons (Fsp3) is 0.385. The van der Waals surface area contributed by atoms with Crippen LogP contribution in [0.15, 0.2) is 28.9 Å². The fourth-order valence-electron chi connectivity index (χ4n) is 1.89. The molecule has 2 amide bonds. The van der Waals surface area contributed by atoms with Crippen LogP contribution in [0.3, 0.4) is 0 Å². The van der Waals surface area contributed by atoms with E-state index in [4.69, 9.17) is 4.42 Å². The predicted octanol–water partition coefficient (Wildman–Crippen LogP) is 2.07. The largest absolute Gasteiger partial charge is 0.469 e. The minimum absolute atomic E-state index is 0.0134. The zero-order valence-electron chi connectivity index (χ0n) is 11.3. The molecule has 0 saturated carbocycles. The van der Waals surface area contributed by atoms with E-state index in [1.54, 1.807) is 18.0 Å². The summed E-state index contributed by atoms with van der Waals surface area (Å²) in [6, 6.07) is 5.28. The van der Waals surface area contributed by atoms with Gasteiger partial charge in [0.1, 0.15) is 11.6 Å². The van der Waals surface area contributed by atoms with Gasteiger partial charge in [-0.25, -0.2) is 4.79 Å². The normalized spacial score (nSPS) is 12.2. The van der Waals surface area contributed by atoms with Crippen LogP contribution in [0.5, 0.6) is 0 Å². The van der Waals surface area contributed by atoms with Crippen molar-refractivity contribution in [3.05, 3.63) is 35.9 Å². The minimum Gasteiger partial charge on any atom is -0.469 e. The molecule has 1 unspecified atom stereocenters. The van der Waals surface area contributed by atoms with Crippen molar-refractivity contribution in [1.29, 1.82) is 0 Å². The van der Waals surface area contributed by atoms with Crippen LogP contribution >= 0.6 is 0 Å². The number of nitrogens with one attached hydrogen (secondary N) is 2. The lowest BCUT2D eigenvalue weighted by molar-refractivity contribution is 0.248. The van der Waals surface area contributed by atoms with E-state index in [0.717, 1.165) is 11.5 Å². The van der Waals surface area contributed by atoms with Gasteiger partial charge in [-0.2, -0.15) is 5.10 Å². The summed E-state index contributed by atoms with van der Waals surface area (Å²) in [5, 5.41) is 9.78. The van der Waals surface area contributed by atoms with Crippen molar-refractivity contribution in [3.8, 4) is 0 Å². The number of urea groups is 1. The number of carbonyl (C=O) groups excluding carboxylic acids is 1. The molecule has 19 heavy (non-hydrogen) atoms. The molecule has 2 aromatic heterocycles. The topological polar surface area (TPSA) is 72.1 Å². The molecule has 2 aromatic rings. The highest BCUT2D eigenvalue weighted by molar-refractivity contribution is 5.88.